The van der Waals surface area contributed by atoms with Crippen LogP contribution in [0.25, 0.3) is 0 Å². The summed E-state index contributed by atoms with van der Waals surface area (Å²) in [5.41, 5.74) is 1.83. The highest BCUT2D eigenvalue weighted by Crippen LogP contribution is 2.33. The molecule has 0 atom stereocenters. The second kappa shape index (κ2) is 9.98. The number of hydrogen-bond acceptors (Lipinski definition) is 4. The predicted molar refractivity (Wildman–Crippen MR) is 114 cm³/mol. The summed E-state index contributed by atoms with van der Waals surface area (Å²) >= 11 is 5.93. The number of halogens is 2. The first-order chi connectivity index (χ1) is 14.5. The summed E-state index contributed by atoms with van der Waals surface area (Å²) in [4.78, 5) is 11.3. The summed E-state index contributed by atoms with van der Waals surface area (Å²) in [5, 5.41) is 12.6. The molecule has 0 aliphatic carbocycles. The molecule has 0 amide bonds. The van der Waals surface area contributed by atoms with E-state index >= 15 is 0 Å². The zero-order valence-corrected chi connectivity index (χ0v) is 17.1. The van der Waals surface area contributed by atoms with Crippen molar-refractivity contribution in [2.24, 2.45) is 0 Å². The Hall–Kier alpha value is -3.25. The van der Waals surface area contributed by atoms with Crippen molar-refractivity contribution in [1.29, 1.82) is 0 Å². The molecule has 0 heterocycles. The van der Waals surface area contributed by atoms with Gasteiger partial charge in [0.15, 0.2) is 11.5 Å². The van der Waals surface area contributed by atoms with Crippen molar-refractivity contribution in [1.82, 2.24) is 0 Å². The Morgan fingerprint density at radius 1 is 1.07 bits per heavy atom. The van der Waals surface area contributed by atoms with Crippen molar-refractivity contribution < 1.29 is 23.8 Å². The normalized spacial score (nSPS) is 10.5. The first kappa shape index (κ1) is 21.5. The SMILES string of the molecule is CCOc1cccc(CNc2ccc(Cl)c(C(=O)O)c2)c1OCc1ccccc1F. The molecule has 5 nitrogen and oxygen atoms in total. The summed E-state index contributed by atoms with van der Waals surface area (Å²) in [6.07, 6.45) is 0. The summed E-state index contributed by atoms with van der Waals surface area (Å²) in [6.45, 7) is 2.71. The van der Waals surface area contributed by atoms with Crippen LogP contribution in [0.3, 0.4) is 0 Å². The molecule has 2 N–H and O–H groups in total. The van der Waals surface area contributed by atoms with Gasteiger partial charge in [-0.1, -0.05) is 41.9 Å². The van der Waals surface area contributed by atoms with Crippen molar-refractivity contribution in [3.8, 4) is 11.5 Å². The van der Waals surface area contributed by atoms with Crippen molar-refractivity contribution in [3.63, 3.8) is 0 Å². The van der Waals surface area contributed by atoms with Crippen LogP contribution >= 0.6 is 11.6 Å². The minimum Gasteiger partial charge on any atom is -0.490 e. The fraction of sp³-hybridized carbons (Fsp3) is 0.174. The average molecular weight is 430 g/mol. The van der Waals surface area contributed by atoms with Crippen LogP contribution in [0.5, 0.6) is 11.5 Å². The number of carboxylic acid groups (broad SMARTS) is 1. The van der Waals surface area contributed by atoms with Crippen LogP contribution in [-0.4, -0.2) is 17.7 Å². The number of benzene rings is 3. The Bertz CT molecular complexity index is 1040. The standard InChI is InChI=1S/C23H21ClFNO4/c1-2-29-21-9-5-7-15(22(21)30-14-16-6-3-4-8-20(16)25)13-26-17-10-11-19(24)18(12-17)23(27)28/h3-12,26H,2,13-14H2,1H3,(H,27,28). The molecule has 0 aromatic heterocycles. The van der Waals surface area contributed by atoms with E-state index in [-0.39, 0.29) is 23.0 Å². The highest BCUT2D eigenvalue weighted by Gasteiger charge is 2.14. The molecule has 0 unspecified atom stereocenters. The lowest BCUT2D eigenvalue weighted by atomic mass is 10.1. The molecular weight excluding hydrogens is 409 g/mol. The van der Waals surface area contributed by atoms with Gasteiger partial charge >= 0.3 is 5.97 Å². The van der Waals surface area contributed by atoms with E-state index in [4.69, 9.17) is 21.1 Å². The second-order valence-electron chi connectivity index (χ2n) is 6.41. The number of aromatic carboxylic acids is 1. The third kappa shape index (κ3) is 5.21. The first-order valence-electron chi connectivity index (χ1n) is 9.37. The highest BCUT2D eigenvalue weighted by atomic mass is 35.5. The van der Waals surface area contributed by atoms with Crippen LogP contribution in [0.1, 0.15) is 28.4 Å². The van der Waals surface area contributed by atoms with Crippen LogP contribution in [0, 0.1) is 5.82 Å². The molecule has 0 fully saturated rings. The summed E-state index contributed by atoms with van der Waals surface area (Å²) in [5.74, 6) is -0.387. The van der Waals surface area contributed by atoms with Crippen LogP contribution in [0.15, 0.2) is 60.7 Å². The lowest BCUT2D eigenvalue weighted by molar-refractivity contribution is 0.0697. The molecule has 0 spiro atoms. The maximum atomic E-state index is 14.0. The fourth-order valence-electron chi connectivity index (χ4n) is 2.90. The van der Waals surface area contributed by atoms with E-state index in [9.17, 15) is 14.3 Å². The third-order valence-electron chi connectivity index (χ3n) is 4.37. The molecule has 0 radical (unpaired) electrons. The second-order valence-corrected chi connectivity index (χ2v) is 6.82. The molecule has 156 valence electrons. The first-order valence-corrected chi connectivity index (χ1v) is 9.75. The number of para-hydroxylation sites is 1. The molecule has 3 rings (SSSR count). The quantitative estimate of drug-likeness (QED) is 0.452. The van der Waals surface area contributed by atoms with E-state index < -0.39 is 5.97 Å². The van der Waals surface area contributed by atoms with E-state index in [0.717, 1.165) is 5.56 Å². The van der Waals surface area contributed by atoms with Crippen molar-refractivity contribution >= 4 is 23.3 Å². The zero-order valence-electron chi connectivity index (χ0n) is 16.3. The Kier molecular flexibility index (Phi) is 7.14. The molecule has 30 heavy (non-hydrogen) atoms. The van der Waals surface area contributed by atoms with E-state index in [1.165, 1.54) is 18.2 Å². The van der Waals surface area contributed by atoms with E-state index in [2.05, 4.69) is 5.32 Å². The maximum Gasteiger partial charge on any atom is 0.337 e. The lowest BCUT2D eigenvalue weighted by Crippen LogP contribution is -2.07. The molecule has 0 aliphatic heterocycles. The largest absolute Gasteiger partial charge is 0.490 e. The number of carboxylic acids is 1. The topological polar surface area (TPSA) is 67.8 Å². The fourth-order valence-corrected chi connectivity index (χ4v) is 3.09. The van der Waals surface area contributed by atoms with Crippen molar-refractivity contribution in [2.45, 2.75) is 20.1 Å². The van der Waals surface area contributed by atoms with E-state index in [1.54, 1.807) is 30.3 Å². The Labute approximate surface area is 179 Å². The third-order valence-corrected chi connectivity index (χ3v) is 4.70. The minimum absolute atomic E-state index is 0.0146. The summed E-state index contributed by atoms with van der Waals surface area (Å²) in [6, 6.07) is 16.6. The Morgan fingerprint density at radius 3 is 2.57 bits per heavy atom. The maximum absolute atomic E-state index is 14.0. The number of carbonyl (C=O) groups is 1. The molecule has 0 bridgehead atoms. The summed E-state index contributed by atoms with van der Waals surface area (Å²) in [7, 11) is 0. The molecule has 7 heteroatoms. The van der Waals surface area contributed by atoms with Crippen LogP contribution in [-0.2, 0) is 13.2 Å². The number of rotatable bonds is 9. The molecule has 0 saturated carbocycles. The van der Waals surface area contributed by atoms with E-state index in [0.29, 0.717) is 35.9 Å². The average Bonchev–Trinajstić information content (AvgIpc) is 2.73. The number of anilines is 1. The molecular formula is C23H21ClFNO4. The van der Waals surface area contributed by atoms with Crippen molar-refractivity contribution in [3.05, 3.63) is 88.2 Å². The smallest absolute Gasteiger partial charge is 0.337 e. The number of hydrogen-bond donors (Lipinski definition) is 2. The van der Waals surface area contributed by atoms with Gasteiger partial charge in [-0.25, -0.2) is 9.18 Å². The van der Waals surface area contributed by atoms with E-state index in [1.807, 2.05) is 19.1 Å². The van der Waals surface area contributed by atoms with Crippen molar-refractivity contribution in [2.75, 3.05) is 11.9 Å². The molecule has 0 aliphatic rings. The van der Waals surface area contributed by atoms with Crippen LogP contribution in [0.4, 0.5) is 10.1 Å². The van der Waals surface area contributed by atoms with Gasteiger partial charge in [-0.3, -0.25) is 0 Å². The summed E-state index contributed by atoms with van der Waals surface area (Å²) < 4.78 is 25.6. The zero-order chi connectivity index (χ0) is 21.5. The molecule has 0 saturated heterocycles. The Balaban J connectivity index is 1.82. The van der Waals surface area contributed by atoms with Crippen LogP contribution in [0.2, 0.25) is 5.02 Å². The number of ether oxygens (including phenoxy) is 2. The van der Waals surface area contributed by atoms with Crippen LogP contribution < -0.4 is 14.8 Å². The van der Waals surface area contributed by atoms with Gasteiger partial charge in [-0.05, 0) is 37.3 Å². The van der Waals surface area contributed by atoms with Gasteiger partial charge in [0.1, 0.15) is 12.4 Å². The van der Waals surface area contributed by atoms with Gasteiger partial charge < -0.3 is 19.9 Å². The molecule has 3 aromatic carbocycles. The van der Waals surface area contributed by atoms with Gasteiger partial charge in [0.2, 0.25) is 0 Å². The Morgan fingerprint density at radius 2 is 1.83 bits per heavy atom. The molecule has 3 aromatic rings. The van der Waals surface area contributed by atoms with Gasteiger partial charge in [0.05, 0.1) is 17.2 Å². The number of nitrogens with one attached hydrogen (secondary N) is 1. The monoisotopic (exact) mass is 429 g/mol. The van der Waals surface area contributed by atoms with Gasteiger partial charge in [-0.15, -0.1) is 0 Å². The van der Waals surface area contributed by atoms with Gasteiger partial charge in [0.25, 0.3) is 0 Å². The van der Waals surface area contributed by atoms with Gasteiger partial charge in [-0.2, -0.15) is 0 Å². The lowest BCUT2D eigenvalue weighted by Gasteiger charge is -2.17. The van der Waals surface area contributed by atoms with Gasteiger partial charge in [0, 0.05) is 23.4 Å². The predicted octanol–water partition coefficient (Wildman–Crippen LogP) is 5.77. The minimum atomic E-state index is -1.10. The highest BCUT2D eigenvalue weighted by molar-refractivity contribution is 6.33.